The molecule has 0 aliphatic carbocycles. The number of hydrogen-bond acceptors (Lipinski definition) is 4. The van der Waals surface area contributed by atoms with Crippen molar-refractivity contribution in [3.63, 3.8) is 0 Å². The molecule has 0 radical (unpaired) electrons. The number of aromatic nitrogens is 1. The van der Waals surface area contributed by atoms with Crippen molar-refractivity contribution in [3.05, 3.63) is 42.4 Å². The topological polar surface area (TPSA) is 38.5 Å². The minimum atomic E-state index is 0.273. The highest BCUT2D eigenvalue weighted by atomic mass is 16.5. The minimum Gasteiger partial charge on any atom is -0.439 e. The molecule has 3 rings (SSSR count). The van der Waals surface area contributed by atoms with E-state index in [9.17, 15) is 0 Å². The zero-order valence-electron chi connectivity index (χ0n) is 12.0. The van der Waals surface area contributed by atoms with Gasteiger partial charge in [-0.15, -0.1) is 0 Å². The molecule has 0 saturated carbocycles. The first-order chi connectivity index (χ1) is 9.72. The Labute approximate surface area is 119 Å². The van der Waals surface area contributed by atoms with Crippen LogP contribution in [0, 0.1) is 0 Å². The van der Waals surface area contributed by atoms with Gasteiger partial charge >= 0.3 is 0 Å². The second-order valence-corrected chi connectivity index (χ2v) is 5.41. The molecule has 0 N–H and O–H groups in total. The fourth-order valence-corrected chi connectivity index (χ4v) is 2.49. The van der Waals surface area contributed by atoms with Gasteiger partial charge in [0.2, 0.25) is 5.89 Å². The third-order valence-corrected chi connectivity index (χ3v) is 3.69. The van der Waals surface area contributed by atoms with Crippen LogP contribution in [0.4, 0.5) is 0 Å². The van der Waals surface area contributed by atoms with Gasteiger partial charge in [-0.25, -0.2) is 4.98 Å². The molecule has 1 aliphatic rings. The predicted octanol–water partition coefficient (Wildman–Crippen LogP) is 2.95. The minimum absolute atomic E-state index is 0.273. The van der Waals surface area contributed by atoms with Crippen LogP contribution in [0.2, 0.25) is 0 Å². The molecule has 2 heterocycles. The van der Waals surface area contributed by atoms with Gasteiger partial charge in [-0.1, -0.05) is 30.3 Å². The van der Waals surface area contributed by atoms with E-state index in [1.807, 2.05) is 30.3 Å². The van der Waals surface area contributed by atoms with Crippen LogP contribution >= 0.6 is 0 Å². The third-order valence-electron chi connectivity index (χ3n) is 3.69. The maximum Gasteiger partial charge on any atom is 0.209 e. The van der Waals surface area contributed by atoms with E-state index < -0.39 is 0 Å². The molecule has 4 nitrogen and oxygen atoms in total. The van der Waals surface area contributed by atoms with E-state index in [0.29, 0.717) is 6.04 Å². The highest BCUT2D eigenvalue weighted by Crippen LogP contribution is 2.21. The molecule has 1 saturated heterocycles. The summed E-state index contributed by atoms with van der Waals surface area (Å²) in [6, 6.07) is 10.5. The van der Waals surface area contributed by atoms with Crippen LogP contribution in [0.1, 0.15) is 19.7 Å². The molecule has 2 aromatic rings. The first kappa shape index (κ1) is 13.3. The number of morpholine rings is 1. The highest BCUT2D eigenvalue weighted by Gasteiger charge is 2.24. The molecular weight excluding hydrogens is 252 g/mol. The number of rotatable bonds is 3. The zero-order valence-corrected chi connectivity index (χ0v) is 12.0. The van der Waals surface area contributed by atoms with E-state index in [-0.39, 0.29) is 6.10 Å². The quantitative estimate of drug-likeness (QED) is 0.861. The molecule has 1 aliphatic heterocycles. The van der Waals surface area contributed by atoms with Gasteiger partial charge in [-0.05, 0) is 13.8 Å². The van der Waals surface area contributed by atoms with Crippen LogP contribution in [-0.4, -0.2) is 35.2 Å². The van der Waals surface area contributed by atoms with Crippen molar-refractivity contribution in [3.8, 4) is 11.3 Å². The van der Waals surface area contributed by atoms with E-state index in [2.05, 4.69) is 23.7 Å². The molecule has 1 fully saturated rings. The Bertz CT molecular complexity index is 553. The Balaban J connectivity index is 1.71. The first-order valence-corrected chi connectivity index (χ1v) is 7.08. The lowest BCUT2D eigenvalue weighted by atomic mass is 10.2. The molecule has 1 aromatic carbocycles. The van der Waals surface area contributed by atoms with Crippen molar-refractivity contribution >= 4 is 0 Å². The average molecular weight is 272 g/mol. The summed E-state index contributed by atoms with van der Waals surface area (Å²) in [7, 11) is 0. The summed E-state index contributed by atoms with van der Waals surface area (Å²) in [6.45, 7) is 6.70. The summed E-state index contributed by atoms with van der Waals surface area (Å²) in [5.41, 5.74) is 1.06. The van der Waals surface area contributed by atoms with E-state index in [1.165, 1.54) is 0 Å². The Hall–Kier alpha value is -1.65. The van der Waals surface area contributed by atoms with Crippen LogP contribution in [-0.2, 0) is 11.3 Å². The maximum absolute atomic E-state index is 5.86. The van der Waals surface area contributed by atoms with E-state index in [0.717, 1.165) is 36.9 Å². The Morgan fingerprint density at radius 2 is 2.05 bits per heavy atom. The van der Waals surface area contributed by atoms with Gasteiger partial charge in [0.1, 0.15) is 0 Å². The molecular formula is C16H20N2O2. The number of hydrogen-bond donors (Lipinski definition) is 0. The second-order valence-electron chi connectivity index (χ2n) is 5.41. The summed E-state index contributed by atoms with van der Waals surface area (Å²) >= 11 is 0. The van der Waals surface area contributed by atoms with Crippen molar-refractivity contribution < 1.29 is 9.15 Å². The first-order valence-electron chi connectivity index (χ1n) is 7.08. The Morgan fingerprint density at radius 3 is 2.85 bits per heavy atom. The van der Waals surface area contributed by atoms with E-state index in [4.69, 9.17) is 9.15 Å². The van der Waals surface area contributed by atoms with Gasteiger partial charge in [0, 0.05) is 18.2 Å². The normalized spacial score (nSPS) is 23.9. The van der Waals surface area contributed by atoms with Crippen LogP contribution in [0.15, 0.2) is 40.9 Å². The summed E-state index contributed by atoms with van der Waals surface area (Å²) in [5, 5.41) is 0. The summed E-state index contributed by atoms with van der Waals surface area (Å²) in [6.07, 6.45) is 2.08. The van der Waals surface area contributed by atoms with Crippen molar-refractivity contribution in [2.75, 3.05) is 13.2 Å². The number of benzene rings is 1. The fraction of sp³-hybridized carbons (Fsp3) is 0.438. The second kappa shape index (κ2) is 5.77. The standard InChI is InChI=1S/C16H20N2O2/c1-12-11-19-13(2)9-18(12)10-16-17-8-15(20-16)14-6-4-3-5-7-14/h3-8,12-13H,9-11H2,1-2H3/t12-,13+/m1/s1. The SMILES string of the molecule is C[C@@H]1CO[C@@H](C)CN1Cc1ncc(-c2ccccc2)o1. The van der Waals surface area contributed by atoms with E-state index >= 15 is 0 Å². The molecule has 2 atom stereocenters. The molecule has 0 spiro atoms. The van der Waals surface area contributed by atoms with Crippen molar-refractivity contribution in [2.24, 2.45) is 0 Å². The molecule has 1 aromatic heterocycles. The summed E-state index contributed by atoms with van der Waals surface area (Å²) < 4.78 is 11.5. The van der Waals surface area contributed by atoms with Gasteiger partial charge < -0.3 is 9.15 Å². The van der Waals surface area contributed by atoms with Crippen LogP contribution in [0.3, 0.4) is 0 Å². The van der Waals surface area contributed by atoms with Gasteiger partial charge in [0.05, 0.1) is 25.5 Å². The Morgan fingerprint density at radius 1 is 1.25 bits per heavy atom. The van der Waals surface area contributed by atoms with Gasteiger partial charge in [-0.2, -0.15) is 0 Å². The fourth-order valence-electron chi connectivity index (χ4n) is 2.49. The number of ether oxygens (including phenoxy) is 1. The lowest BCUT2D eigenvalue weighted by Crippen LogP contribution is -2.46. The van der Waals surface area contributed by atoms with Gasteiger partial charge in [0.25, 0.3) is 0 Å². The van der Waals surface area contributed by atoms with Crippen molar-refractivity contribution in [1.82, 2.24) is 9.88 Å². The Kier molecular flexibility index (Phi) is 3.85. The summed E-state index contributed by atoms with van der Waals surface area (Å²) in [4.78, 5) is 6.75. The van der Waals surface area contributed by atoms with Crippen molar-refractivity contribution in [1.29, 1.82) is 0 Å². The van der Waals surface area contributed by atoms with Crippen LogP contribution in [0.25, 0.3) is 11.3 Å². The maximum atomic E-state index is 5.86. The molecule has 0 bridgehead atoms. The lowest BCUT2D eigenvalue weighted by molar-refractivity contribution is -0.0550. The zero-order chi connectivity index (χ0) is 13.9. The number of oxazole rings is 1. The molecule has 20 heavy (non-hydrogen) atoms. The molecule has 0 unspecified atom stereocenters. The van der Waals surface area contributed by atoms with Crippen LogP contribution < -0.4 is 0 Å². The largest absolute Gasteiger partial charge is 0.439 e. The summed E-state index contributed by atoms with van der Waals surface area (Å²) in [5.74, 6) is 1.60. The molecule has 4 heteroatoms. The van der Waals surface area contributed by atoms with Gasteiger partial charge in [-0.3, -0.25) is 4.90 Å². The predicted molar refractivity (Wildman–Crippen MR) is 77.2 cm³/mol. The average Bonchev–Trinajstić information content (AvgIpc) is 2.92. The molecule has 0 amide bonds. The molecule has 106 valence electrons. The van der Waals surface area contributed by atoms with Crippen LogP contribution in [0.5, 0.6) is 0 Å². The van der Waals surface area contributed by atoms with E-state index in [1.54, 1.807) is 6.20 Å². The number of nitrogens with zero attached hydrogens (tertiary/aromatic N) is 2. The smallest absolute Gasteiger partial charge is 0.209 e. The van der Waals surface area contributed by atoms with Crippen molar-refractivity contribution in [2.45, 2.75) is 32.5 Å². The van der Waals surface area contributed by atoms with Gasteiger partial charge in [0.15, 0.2) is 5.76 Å². The lowest BCUT2D eigenvalue weighted by Gasteiger charge is -2.35. The third kappa shape index (κ3) is 2.92. The monoisotopic (exact) mass is 272 g/mol. The highest BCUT2D eigenvalue weighted by molar-refractivity contribution is 5.55.